The lowest BCUT2D eigenvalue weighted by molar-refractivity contribution is -0.138. The second kappa shape index (κ2) is 6.67. The van der Waals surface area contributed by atoms with Gasteiger partial charge in [0.1, 0.15) is 0 Å². The monoisotopic (exact) mass is 339 g/mol. The van der Waals surface area contributed by atoms with E-state index in [0.29, 0.717) is 5.56 Å². The van der Waals surface area contributed by atoms with Crippen LogP contribution in [0.4, 0.5) is 0 Å². The molecule has 0 aliphatic heterocycles. The minimum absolute atomic E-state index is 0.424. The van der Waals surface area contributed by atoms with Crippen molar-refractivity contribution in [1.82, 2.24) is 5.32 Å². The molecule has 1 aromatic carbocycles. The van der Waals surface area contributed by atoms with E-state index in [4.69, 9.17) is 11.6 Å². The lowest BCUT2D eigenvalue weighted by atomic mass is 9.87. The van der Waals surface area contributed by atoms with Crippen LogP contribution < -0.4 is 5.32 Å². The van der Waals surface area contributed by atoms with Gasteiger partial charge in [-0.05, 0) is 32.4 Å². The van der Waals surface area contributed by atoms with Gasteiger partial charge in [0.15, 0.2) is 15.5 Å². The molecule has 0 aliphatic rings. The molecule has 1 amide bonds. The van der Waals surface area contributed by atoms with Crippen LogP contribution in [-0.2, 0) is 18.6 Å². The number of thiol groups is 1. The molecule has 0 aromatic heterocycles. The van der Waals surface area contributed by atoms with E-state index in [1.54, 1.807) is 24.3 Å². The molecule has 1 aromatic rings. The summed E-state index contributed by atoms with van der Waals surface area (Å²) in [5.41, 5.74) is -0.376. The largest absolute Gasteiger partial charge is 0.334 e. The zero-order valence-corrected chi connectivity index (χ0v) is 14.3. The van der Waals surface area contributed by atoms with E-state index < -0.39 is 27.2 Å². The van der Waals surface area contributed by atoms with Crippen LogP contribution in [0.25, 0.3) is 0 Å². The standard InChI is InChI=1S/C16H18ClNO3S/c1-5-13(20)18-15(4,11(3)19)14(21)16(17,22)12-8-6-10(2)7-9-12/h5-9,22H,1H2,2-4H3,(H,18,20). The Balaban J connectivity index is 3.28. The average Bonchev–Trinajstić information content (AvgIpc) is 2.46. The highest BCUT2D eigenvalue weighted by atomic mass is 35.5. The Morgan fingerprint density at radius 2 is 1.77 bits per heavy atom. The lowest BCUT2D eigenvalue weighted by Crippen LogP contribution is -2.60. The Hall–Kier alpha value is -1.59. The van der Waals surface area contributed by atoms with Crippen LogP contribution in [0.5, 0.6) is 0 Å². The lowest BCUT2D eigenvalue weighted by Gasteiger charge is -2.32. The Bertz CT molecular complexity index is 625. The van der Waals surface area contributed by atoms with E-state index in [9.17, 15) is 14.4 Å². The number of rotatable bonds is 6. The van der Waals surface area contributed by atoms with Crippen LogP contribution >= 0.6 is 24.2 Å². The number of amides is 1. The van der Waals surface area contributed by atoms with Gasteiger partial charge in [-0.2, -0.15) is 0 Å². The molecule has 2 atom stereocenters. The number of alkyl halides is 1. The third-order valence-electron chi connectivity index (χ3n) is 3.45. The van der Waals surface area contributed by atoms with Crippen LogP contribution in [0.2, 0.25) is 0 Å². The molecule has 0 spiro atoms. The van der Waals surface area contributed by atoms with Gasteiger partial charge in [-0.15, -0.1) is 12.6 Å². The van der Waals surface area contributed by atoms with Crippen LogP contribution in [0, 0.1) is 6.92 Å². The summed E-state index contributed by atoms with van der Waals surface area (Å²) in [5.74, 6) is -1.91. The van der Waals surface area contributed by atoms with Crippen molar-refractivity contribution in [2.45, 2.75) is 30.5 Å². The molecule has 0 fully saturated rings. The fourth-order valence-electron chi connectivity index (χ4n) is 1.84. The summed E-state index contributed by atoms with van der Waals surface area (Å²) >= 11 is 10.5. The van der Waals surface area contributed by atoms with E-state index in [1.807, 2.05) is 6.92 Å². The molecule has 0 aliphatic carbocycles. The molecule has 0 heterocycles. The zero-order valence-electron chi connectivity index (χ0n) is 12.6. The SMILES string of the molecule is C=CC(=O)NC(C)(C(C)=O)C(=O)C(S)(Cl)c1ccc(C)cc1. The fraction of sp³-hybridized carbons (Fsp3) is 0.312. The molecular weight excluding hydrogens is 322 g/mol. The van der Waals surface area contributed by atoms with E-state index in [2.05, 4.69) is 24.5 Å². The van der Waals surface area contributed by atoms with Gasteiger partial charge < -0.3 is 5.32 Å². The van der Waals surface area contributed by atoms with Crippen molar-refractivity contribution in [3.8, 4) is 0 Å². The zero-order chi connectivity index (χ0) is 17.1. The number of ketones is 2. The van der Waals surface area contributed by atoms with Crippen molar-refractivity contribution < 1.29 is 14.4 Å². The first-order valence-electron chi connectivity index (χ1n) is 6.54. The first-order valence-corrected chi connectivity index (χ1v) is 7.37. The molecular formula is C16H18ClNO3S. The maximum absolute atomic E-state index is 12.8. The highest BCUT2D eigenvalue weighted by molar-refractivity contribution is 7.84. The number of hydrogen-bond donors (Lipinski definition) is 2. The Labute approximate surface area is 140 Å². The number of Topliss-reactive ketones (excluding diaryl/α,β-unsaturated/α-hetero) is 2. The number of carbonyl (C=O) groups excluding carboxylic acids is 3. The van der Waals surface area contributed by atoms with E-state index in [1.165, 1.54) is 13.8 Å². The summed E-state index contributed by atoms with van der Waals surface area (Å²) in [6.07, 6.45) is 0.981. The molecule has 0 radical (unpaired) electrons. The van der Waals surface area contributed by atoms with Crippen molar-refractivity contribution >= 4 is 41.7 Å². The number of hydrogen-bond acceptors (Lipinski definition) is 4. The van der Waals surface area contributed by atoms with Gasteiger partial charge in [0, 0.05) is 0 Å². The second-order valence-corrected chi connectivity index (χ2v) is 6.69. The number of carbonyl (C=O) groups is 3. The number of aryl methyl sites for hydroxylation is 1. The normalized spacial score (nSPS) is 16.0. The molecule has 2 unspecified atom stereocenters. The van der Waals surface area contributed by atoms with Gasteiger partial charge in [0.2, 0.25) is 11.7 Å². The summed E-state index contributed by atoms with van der Waals surface area (Å²) in [6.45, 7) is 7.71. The van der Waals surface area contributed by atoms with Crippen molar-refractivity contribution in [3.05, 3.63) is 48.0 Å². The number of nitrogens with one attached hydrogen (secondary N) is 1. The maximum Gasteiger partial charge on any atom is 0.244 e. The molecule has 1 rings (SSSR count). The van der Waals surface area contributed by atoms with E-state index >= 15 is 0 Å². The third kappa shape index (κ3) is 3.59. The van der Waals surface area contributed by atoms with Gasteiger partial charge in [0.05, 0.1) is 0 Å². The highest BCUT2D eigenvalue weighted by Crippen LogP contribution is 2.38. The molecule has 0 bridgehead atoms. The molecule has 0 saturated heterocycles. The summed E-state index contributed by atoms with van der Waals surface area (Å²) in [6, 6.07) is 6.87. The highest BCUT2D eigenvalue weighted by Gasteiger charge is 2.49. The van der Waals surface area contributed by atoms with Gasteiger partial charge in [-0.1, -0.05) is 48.0 Å². The average molecular weight is 340 g/mol. The van der Waals surface area contributed by atoms with Crippen LogP contribution in [-0.4, -0.2) is 23.0 Å². The smallest absolute Gasteiger partial charge is 0.244 e. The summed E-state index contributed by atoms with van der Waals surface area (Å²) in [7, 11) is 0. The predicted octanol–water partition coefficient (Wildman–Crippen LogP) is 2.54. The fourth-order valence-corrected chi connectivity index (χ4v) is 2.53. The molecule has 22 heavy (non-hydrogen) atoms. The molecule has 4 nitrogen and oxygen atoms in total. The minimum atomic E-state index is -1.79. The summed E-state index contributed by atoms with van der Waals surface area (Å²) in [4.78, 5) is 36.3. The van der Waals surface area contributed by atoms with Gasteiger partial charge in [-0.3, -0.25) is 14.4 Å². The Morgan fingerprint density at radius 1 is 1.27 bits per heavy atom. The van der Waals surface area contributed by atoms with Gasteiger partial charge >= 0.3 is 0 Å². The maximum atomic E-state index is 12.8. The van der Waals surface area contributed by atoms with E-state index in [-0.39, 0.29) is 0 Å². The second-order valence-electron chi connectivity index (χ2n) is 5.19. The van der Waals surface area contributed by atoms with Crippen LogP contribution in [0.15, 0.2) is 36.9 Å². The minimum Gasteiger partial charge on any atom is -0.334 e. The van der Waals surface area contributed by atoms with Crippen molar-refractivity contribution in [2.75, 3.05) is 0 Å². The molecule has 6 heteroatoms. The first kappa shape index (κ1) is 18.5. The molecule has 0 saturated carbocycles. The molecule has 1 N–H and O–H groups in total. The Morgan fingerprint density at radius 3 is 2.18 bits per heavy atom. The van der Waals surface area contributed by atoms with Crippen LogP contribution in [0.1, 0.15) is 25.0 Å². The van der Waals surface area contributed by atoms with Crippen molar-refractivity contribution in [1.29, 1.82) is 0 Å². The number of halogens is 1. The third-order valence-corrected chi connectivity index (χ3v) is 4.30. The first-order chi connectivity index (χ1) is 10.1. The van der Waals surface area contributed by atoms with Gasteiger partial charge in [-0.25, -0.2) is 0 Å². The van der Waals surface area contributed by atoms with Crippen LogP contribution in [0.3, 0.4) is 0 Å². The summed E-state index contributed by atoms with van der Waals surface area (Å²) < 4.78 is -1.75. The van der Waals surface area contributed by atoms with Gasteiger partial charge in [0.25, 0.3) is 0 Å². The quantitative estimate of drug-likeness (QED) is 0.362. The Kier molecular flexibility index (Phi) is 5.59. The topological polar surface area (TPSA) is 63.2 Å². The molecule has 118 valence electrons. The van der Waals surface area contributed by atoms with Crippen molar-refractivity contribution in [3.63, 3.8) is 0 Å². The van der Waals surface area contributed by atoms with E-state index in [0.717, 1.165) is 11.6 Å². The predicted molar refractivity (Wildman–Crippen MR) is 90.1 cm³/mol. The number of benzene rings is 1. The van der Waals surface area contributed by atoms with Crippen molar-refractivity contribution in [2.24, 2.45) is 0 Å². The summed E-state index contributed by atoms with van der Waals surface area (Å²) in [5, 5.41) is 2.34.